The molecule has 1 heterocycles. The average molecular weight is 384 g/mol. The average Bonchev–Trinajstić information content (AvgIpc) is 2.60. The second-order valence-corrected chi connectivity index (χ2v) is 8.17. The minimum Gasteiger partial charge on any atom is -0.354 e. The Hall–Kier alpha value is -2.04. The van der Waals surface area contributed by atoms with E-state index in [1.165, 1.54) is 22.5 Å². The molecule has 1 aliphatic rings. The zero-order chi connectivity index (χ0) is 19.3. The number of nitrogens with one attached hydrogen (secondary N) is 1. The Kier molecular flexibility index (Phi) is 6.68. The quantitative estimate of drug-likeness (QED) is 0.530. The van der Waals surface area contributed by atoms with E-state index in [0.717, 1.165) is 12.8 Å². The van der Waals surface area contributed by atoms with E-state index < -0.39 is 14.9 Å². The number of hydrogen-bond acceptors (Lipinski definition) is 6. The highest BCUT2D eigenvalue weighted by atomic mass is 32.2. The standard InChI is InChI=1S/C16H24N4O5S/c1-12-10-13(20(22)23)5-6-15(12)26(24,25)19-9-3-2-4-14(19)11-18-16(21)7-8-17/h5-6,10,14H,2-4,7-9,11,17H2,1H3,(H,18,21). The summed E-state index contributed by atoms with van der Waals surface area (Å²) in [4.78, 5) is 22.0. The minimum absolute atomic E-state index is 0.0586. The lowest BCUT2D eigenvalue weighted by Gasteiger charge is -2.35. The number of aryl methyl sites for hydroxylation is 1. The first-order valence-electron chi connectivity index (χ1n) is 8.51. The van der Waals surface area contributed by atoms with Gasteiger partial charge in [0.05, 0.1) is 9.82 Å². The fourth-order valence-corrected chi connectivity index (χ4v) is 5.01. The number of carbonyl (C=O) groups is 1. The van der Waals surface area contributed by atoms with E-state index in [2.05, 4.69) is 5.32 Å². The lowest BCUT2D eigenvalue weighted by molar-refractivity contribution is -0.385. The van der Waals surface area contributed by atoms with Gasteiger partial charge in [-0.3, -0.25) is 14.9 Å². The van der Waals surface area contributed by atoms with Gasteiger partial charge in [0.15, 0.2) is 0 Å². The minimum atomic E-state index is -3.81. The summed E-state index contributed by atoms with van der Waals surface area (Å²) >= 11 is 0. The molecular weight excluding hydrogens is 360 g/mol. The van der Waals surface area contributed by atoms with E-state index in [1.807, 2.05) is 0 Å². The fourth-order valence-electron chi connectivity index (χ4n) is 3.11. The molecule has 0 saturated carbocycles. The molecule has 144 valence electrons. The number of carbonyl (C=O) groups excluding carboxylic acids is 1. The third kappa shape index (κ3) is 4.57. The molecular formula is C16H24N4O5S. The maximum atomic E-state index is 13.1. The van der Waals surface area contributed by atoms with E-state index >= 15 is 0 Å². The Morgan fingerprint density at radius 3 is 2.77 bits per heavy atom. The van der Waals surface area contributed by atoms with Crippen LogP contribution in [0, 0.1) is 17.0 Å². The number of rotatable bonds is 7. The molecule has 2 rings (SSSR count). The first-order valence-corrected chi connectivity index (χ1v) is 9.95. The predicted octanol–water partition coefficient (Wildman–Crippen LogP) is 0.911. The van der Waals surface area contributed by atoms with Gasteiger partial charge in [-0.15, -0.1) is 0 Å². The van der Waals surface area contributed by atoms with Crippen molar-refractivity contribution < 1.29 is 18.1 Å². The van der Waals surface area contributed by atoms with Gasteiger partial charge < -0.3 is 11.1 Å². The van der Waals surface area contributed by atoms with Gasteiger partial charge in [0.2, 0.25) is 15.9 Å². The molecule has 0 aromatic heterocycles. The van der Waals surface area contributed by atoms with Crippen molar-refractivity contribution in [3.05, 3.63) is 33.9 Å². The highest BCUT2D eigenvalue weighted by molar-refractivity contribution is 7.89. The Balaban J connectivity index is 2.24. The number of nitro benzene ring substituents is 1. The van der Waals surface area contributed by atoms with Crippen molar-refractivity contribution in [1.82, 2.24) is 9.62 Å². The van der Waals surface area contributed by atoms with Gasteiger partial charge in [0.25, 0.3) is 5.69 Å². The van der Waals surface area contributed by atoms with Crippen molar-refractivity contribution in [2.75, 3.05) is 19.6 Å². The molecule has 0 spiro atoms. The van der Waals surface area contributed by atoms with Crippen LogP contribution in [0.25, 0.3) is 0 Å². The topological polar surface area (TPSA) is 136 Å². The normalized spacial score (nSPS) is 18.5. The lowest BCUT2D eigenvalue weighted by Crippen LogP contribution is -2.49. The number of non-ortho nitro benzene ring substituents is 1. The smallest absolute Gasteiger partial charge is 0.269 e. The van der Waals surface area contributed by atoms with Crippen molar-refractivity contribution in [3.8, 4) is 0 Å². The number of amides is 1. The molecule has 1 atom stereocenters. The second kappa shape index (κ2) is 8.56. The van der Waals surface area contributed by atoms with Gasteiger partial charge in [-0.2, -0.15) is 4.31 Å². The fraction of sp³-hybridized carbons (Fsp3) is 0.562. The number of benzene rings is 1. The Morgan fingerprint density at radius 1 is 1.42 bits per heavy atom. The predicted molar refractivity (Wildman–Crippen MR) is 96.0 cm³/mol. The number of piperidine rings is 1. The zero-order valence-electron chi connectivity index (χ0n) is 14.7. The van der Waals surface area contributed by atoms with Crippen molar-refractivity contribution in [2.45, 2.75) is 43.5 Å². The maximum Gasteiger partial charge on any atom is 0.269 e. The number of nitrogens with two attached hydrogens (primary N) is 1. The van der Waals surface area contributed by atoms with Crippen LogP contribution >= 0.6 is 0 Å². The molecule has 10 heteroatoms. The van der Waals surface area contributed by atoms with Crippen molar-refractivity contribution in [3.63, 3.8) is 0 Å². The molecule has 1 aliphatic heterocycles. The molecule has 0 bridgehead atoms. The van der Waals surface area contributed by atoms with Crippen molar-refractivity contribution >= 4 is 21.6 Å². The van der Waals surface area contributed by atoms with Gasteiger partial charge >= 0.3 is 0 Å². The lowest BCUT2D eigenvalue weighted by atomic mass is 10.1. The maximum absolute atomic E-state index is 13.1. The van der Waals surface area contributed by atoms with E-state index in [4.69, 9.17) is 5.73 Å². The van der Waals surface area contributed by atoms with Crippen LogP contribution in [0.3, 0.4) is 0 Å². The largest absolute Gasteiger partial charge is 0.354 e. The molecule has 9 nitrogen and oxygen atoms in total. The summed E-state index contributed by atoms with van der Waals surface area (Å²) in [6.07, 6.45) is 2.45. The molecule has 0 radical (unpaired) electrons. The van der Waals surface area contributed by atoms with E-state index in [9.17, 15) is 23.3 Å². The molecule has 0 aliphatic carbocycles. The monoisotopic (exact) mass is 384 g/mol. The number of hydrogen-bond donors (Lipinski definition) is 2. The highest BCUT2D eigenvalue weighted by Gasteiger charge is 2.34. The van der Waals surface area contributed by atoms with Gasteiger partial charge in [0, 0.05) is 44.2 Å². The Morgan fingerprint density at radius 2 is 2.15 bits per heavy atom. The molecule has 1 amide bonds. The van der Waals surface area contributed by atoms with Gasteiger partial charge in [-0.25, -0.2) is 8.42 Å². The summed E-state index contributed by atoms with van der Waals surface area (Å²) < 4.78 is 27.6. The summed E-state index contributed by atoms with van der Waals surface area (Å²) in [5, 5.41) is 13.6. The van der Waals surface area contributed by atoms with E-state index in [-0.39, 0.29) is 42.0 Å². The number of nitrogens with zero attached hydrogens (tertiary/aromatic N) is 2. The van der Waals surface area contributed by atoms with Crippen LogP contribution in [0.4, 0.5) is 5.69 Å². The highest BCUT2D eigenvalue weighted by Crippen LogP contribution is 2.28. The van der Waals surface area contributed by atoms with Crippen molar-refractivity contribution in [2.24, 2.45) is 5.73 Å². The third-order valence-corrected chi connectivity index (χ3v) is 6.55. The van der Waals surface area contributed by atoms with E-state index in [0.29, 0.717) is 18.5 Å². The molecule has 3 N–H and O–H groups in total. The van der Waals surface area contributed by atoms with Crippen LogP contribution < -0.4 is 11.1 Å². The second-order valence-electron chi connectivity index (χ2n) is 6.32. The summed E-state index contributed by atoms with van der Waals surface area (Å²) in [6.45, 7) is 2.36. The van der Waals surface area contributed by atoms with Gasteiger partial charge in [-0.1, -0.05) is 6.42 Å². The molecule has 26 heavy (non-hydrogen) atoms. The summed E-state index contributed by atoms with van der Waals surface area (Å²) in [6, 6.07) is 3.39. The van der Waals surface area contributed by atoms with Crippen molar-refractivity contribution in [1.29, 1.82) is 0 Å². The molecule has 1 fully saturated rings. The molecule has 1 aromatic carbocycles. The van der Waals surface area contributed by atoms with Crippen LogP contribution in [0.15, 0.2) is 23.1 Å². The zero-order valence-corrected chi connectivity index (χ0v) is 15.5. The first-order chi connectivity index (χ1) is 12.3. The summed E-state index contributed by atoms with van der Waals surface area (Å²) in [5.41, 5.74) is 5.53. The number of sulfonamides is 1. The van der Waals surface area contributed by atoms with Crippen LogP contribution in [0.2, 0.25) is 0 Å². The van der Waals surface area contributed by atoms with Crippen LogP contribution in [-0.4, -0.2) is 49.2 Å². The molecule has 1 saturated heterocycles. The van der Waals surface area contributed by atoms with Gasteiger partial charge in [0.1, 0.15) is 0 Å². The summed E-state index contributed by atoms with van der Waals surface area (Å²) in [7, 11) is -3.81. The van der Waals surface area contributed by atoms with Crippen LogP contribution in [-0.2, 0) is 14.8 Å². The third-order valence-electron chi connectivity index (χ3n) is 4.44. The Labute approximate surface area is 152 Å². The molecule has 1 aromatic rings. The molecule has 1 unspecified atom stereocenters. The SMILES string of the molecule is Cc1cc([N+](=O)[O-])ccc1S(=O)(=O)N1CCCCC1CNC(=O)CCN. The number of nitro groups is 1. The summed E-state index contributed by atoms with van der Waals surface area (Å²) in [5.74, 6) is -0.207. The van der Waals surface area contributed by atoms with E-state index in [1.54, 1.807) is 6.92 Å². The van der Waals surface area contributed by atoms with Gasteiger partial charge in [-0.05, 0) is 31.4 Å². The first kappa shape index (κ1) is 20.3. The Bertz CT molecular complexity index is 781. The van der Waals surface area contributed by atoms with Crippen LogP contribution in [0.1, 0.15) is 31.2 Å². The van der Waals surface area contributed by atoms with Crippen LogP contribution in [0.5, 0.6) is 0 Å².